The third kappa shape index (κ3) is 4.64. The molecule has 7 nitrogen and oxygen atoms in total. The van der Waals surface area contributed by atoms with Crippen LogP contribution in [0.3, 0.4) is 0 Å². The van der Waals surface area contributed by atoms with Crippen LogP contribution >= 0.6 is 0 Å². The van der Waals surface area contributed by atoms with Gasteiger partial charge in [0.15, 0.2) is 11.9 Å². The number of nitrogens with one attached hydrogen (secondary N) is 1. The maximum absolute atomic E-state index is 11.4. The maximum Gasteiger partial charge on any atom is 0.332 e. The predicted molar refractivity (Wildman–Crippen MR) is 57.5 cm³/mol. The molecule has 1 heterocycles. The Morgan fingerprint density at radius 2 is 2.35 bits per heavy atom. The number of hydrogen-bond acceptors (Lipinski definition) is 5. The average Bonchev–Trinajstić information content (AvgIpc) is 2.63. The van der Waals surface area contributed by atoms with Crippen molar-refractivity contribution in [1.82, 2.24) is 5.16 Å². The molecule has 0 aliphatic heterocycles. The van der Waals surface area contributed by atoms with Crippen molar-refractivity contribution in [2.45, 2.75) is 26.4 Å². The van der Waals surface area contributed by atoms with E-state index in [2.05, 4.69) is 10.5 Å². The first-order chi connectivity index (χ1) is 7.99. The van der Waals surface area contributed by atoms with E-state index >= 15 is 0 Å². The molecule has 7 heteroatoms. The van der Waals surface area contributed by atoms with E-state index in [-0.39, 0.29) is 18.9 Å². The number of carboxylic acid groups (broad SMARTS) is 1. The summed E-state index contributed by atoms with van der Waals surface area (Å²) >= 11 is 0. The molecule has 94 valence electrons. The van der Waals surface area contributed by atoms with Gasteiger partial charge >= 0.3 is 5.97 Å². The number of amides is 1. The minimum absolute atomic E-state index is 0.0378. The van der Waals surface area contributed by atoms with Crippen molar-refractivity contribution in [3.05, 3.63) is 11.8 Å². The van der Waals surface area contributed by atoms with Gasteiger partial charge in [0.2, 0.25) is 5.91 Å². The van der Waals surface area contributed by atoms with E-state index < -0.39 is 12.1 Å². The Balaban J connectivity index is 2.24. The summed E-state index contributed by atoms with van der Waals surface area (Å²) in [5.41, 5.74) is 0. The highest BCUT2D eigenvalue weighted by atomic mass is 16.5. The molecule has 17 heavy (non-hydrogen) atoms. The molecule has 0 saturated carbocycles. The third-order valence-corrected chi connectivity index (χ3v) is 1.94. The van der Waals surface area contributed by atoms with Crippen molar-refractivity contribution in [2.24, 2.45) is 0 Å². The van der Waals surface area contributed by atoms with Crippen molar-refractivity contribution in [3.63, 3.8) is 0 Å². The maximum atomic E-state index is 11.4. The molecule has 1 aromatic rings. The Bertz CT molecular complexity index is 401. The van der Waals surface area contributed by atoms with Crippen LogP contribution in [0.25, 0.3) is 0 Å². The van der Waals surface area contributed by atoms with Crippen LogP contribution in [0.5, 0.6) is 0 Å². The van der Waals surface area contributed by atoms with Gasteiger partial charge in [-0.25, -0.2) is 4.79 Å². The second-order valence-corrected chi connectivity index (χ2v) is 3.47. The highest BCUT2D eigenvalue weighted by molar-refractivity contribution is 5.89. The van der Waals surface area contributed by atoms with Crippen LogP contribution in [-0.4, -0.2) is 34.9 Å². The SMILES string of the molecule is Cc1cc(NC(=O)CCO[C@H](C)C(=O)O)no1. The van der Waals surface area contributed by atoms with Gasteiger partial charge in [-0.3, -0.25) is 4.79 Å². The molecule has 0 bridgehead atoms. The van der Waals surface area contributed by atoms with Gasteiger partial charge in [-0.1, -0.05) is 5.16 Å². The van der Waals surface area contributed by atoms with Crippen molar-refractivity contribution >= 4 is 17.7 Å². The van der Waals surface area contributed by atoms with Gasteiger partial charge in [0, 0.05) is 6.07 Å². The van der Waals surface area contributed by atoms with E-state index in [0.29, 0.717) is 11.6 Å². The summed E-state index contributed by atoms with van der Waals surface area (Å²) in [5.74, 6) is -0.441. The van der Waals surface area contributed by atoms with Gasteiger partial charge in [0.1, 0.15) is 5.76 Å². The predicted octanol–water partition coefficient (Wildman–Crippen LogP) is 0.801. The Hall–Kier alpha value is -1.89. The minimum atomic E-state index is -1.06. The Kier molecular flexibility index (Phi) is 4.65. The first-order valence-electron chi connectivity index (χ1n) is 5.06. The lowest BCUT2D eigenvalue weighted by molar-refractivity contribution is -0.149. The molecule has 0 aromatic carbocycles. The van der Waals surface area contributed by atoms with Crippen molar-refractivity contribution in [1.29, 1.82) is 0 Å². The highest BCUT2D eigenvalue weighted by Crippen LogP contribution is 2.07. The monoisotopic (exact) mass is 242 g/mol. The zero-order valence-corrected chi connectivity index (χ0v) is 9.60. The molecule has 0 spiro atoms. The largest absolute Gasteiger partial charge is 0.479 e. The summed E-state index contributed by atoms with van der Waals surface area (Å²) in [7, 11) is 0. The van der Waals surface area contributed by atoms with E-state index in [0.717, 1.165) is 0 Å². The van der Waals surface area contributed by atoms with E-state index in [4.69, 9.17) is 14.4 Å². The zero-order chi connectivity index (χ0) is 12.8. The van der Waals surface area contributed by atoms with Crippen LogP contribution in [0.4, 0.5) is 5.82 Å². The summed E-state index contributed by atoms with van der Waals surface area (Å²) in [5, 5.41) is 14.6. The Labute approximate surface area is 97.7 Å². The molecule has 2 N–H and O–H groups in total. The summed E-state index contributed by atoms with van der Waals surface area (Å²) in [6.07, 6.45) is -0.860. The Morgan fingerprint density at radius 1 is 1.65 bits per heavy atom. The molecule has 0 unspecified atom stereocenters. The lowest BCUT2D eigenvalue weighted by atomic mass is 10.4. The van der Waals surface area contributed by atoms with E-state index in [1.54, 1.807) is 13.0 Å². The first kappa shape index (κ1) is 13.2. The molecular weight excluding hydrogens is 228 g/mol. The van der Waals surface area contributed by atoms with Crippen LogP contribution < -0.4 is 5.32 Å². The summed E-state index contributed by atoms with van der Waals surface area (Å²) in [6, 6.07) is 1.58. The quantitative estimate of drug-likeness (QED) is 0.765. The molecule has 0 saturated heterocycles. The molecule has 0 aliphatic carbocycles. The van der Waals surface area contributed by atoms with Crippen molar-refractivity contribution in [3.8, 4) is 0 Å². The number of anilines is 1. The van der Waals surface area contributed by atoms with Gasteiger partial charge in [0.25, 0.3) is 0 Å². The minimum Gasteiger partial charge on any atom is -0.479 e. The van der Waals surface area contributed by atoms with Gasteiger partial charge < -0.3 is 19.7 Å². The lowest BCUT2D eigenvalue weighted by Gasteiger charge is -2.07. The topological polar surface area (TPSA) is 102 Å². The normalized spacial score (nSPS) is 12.1. The van der Waals surface area contributed by atoms with Crippen molar-refractivity contribution < 1.29 is 24.0 Å². The van der Waals surface area contributed by atoms with Gasteiger partial charge in [-0.05, 0) is 13.8 Å². The van der Waals surface area contributed by atoms with Gasteiger partial charge in [-0.2, -0.15) is 0 Å². The van der Waals surface area contributed by atoms with Crippen LogP contribution in [0, 0.1) is 6.92 Å². The number of carbonyl (C=O) groups is 2. The Morgan fingerprint density at radius 3 is 2.88 bits per heavy atom. The number of carboxylic acids is 1. The van der Waals surface area contributed by atoms with Crippen molar-refractivity contribution in [2.75, 3.05) is 11.9 Å². The summed E-state index contributed by atoms with van der Waals surface area (Å²) in [4.78, 5) is 21.8. The summed E-state index contributed by atoms with van der Waals surface area (Å²) < 4.78 is 9.68. The molecule has 1 rings (SSSR count). The number of nitrogens with zero attached hydrogens (tertiary/aromatic N) is 1. The number of aromatic nitrogens is 1. The highest BCUT2D eigenvalue weighted by Gasteiger charge is 2.12. The molecule has 0 fully saturated rings. The van der Waals surface area contributed by atoms with Gasteiger partial charge in [-0.15, -0.1) is 0 Å². The molecular formula is C10H14N2O5. The smallest absolute Gasteiger partial charge is 0.332 e. The molecule has 0 radical (unpaired) electrons. The van der Waals surface area contributed by atoms with Crippen LogP contribution in [-0.2, 0) is 14.3 Å². The second kappa shape index (κ2) is 6.00. The van der Waals surface area contributed by atoms with E-state index in [1.807, 2.05) is 0 Å². The molecule has 1 amide bonds. The first-order valence-corrected chi connectivity index (χ1v) is 5.06. The van der Waals surface area contributed by atoms with E-state index in [9.17, 15) is 9.59 Å². The van der Waals surface area contributed by atoms with Crippen LogP contribution in [0.15, 0.2) is 10.6 Å². The van der Waals surface area contributed by atoms with E-state index in [1.165, 1.54) is 6.92 Å². The van der Waals surface area contributed by atoms with Crippen LogP contribution in [0.1, 0.15) is 19.1 Å². The number of hydrogen-bond donors (Lipinski definition) is 2. The average molecular weight is 242 g/mol. The van der Waals surface area contributed by atoms with Gasteiger partial charge in [0.05, 0.1) is 13.0 Å². The number of rotatable bonds is 6. The lowest BCUT2D eigenvalue weighted by Crippen LogP contribution is -2.22. The molecule has 1 aromatic heterocycles. The zero-order valence-electron chi connectivity index (χ0n) is 9.60. The fraction of sp³-hybridized carbons (Fsp3) is 0.500. The van der Waals surface area contributed by atoms with Crippen LogP contribution in [0.2, 0.25) is 0 Å². The third-order valence-electron chi connectivity index (χ3n) is 1.94. The molecule has 1 atom stereocenters. The fourth-order valence-electron chi connectivity index (χ4n) is 1.03. The summed E-state index contributed by atoms with van der Waals surface area (Å²) in [6.45, 7) is 3.15. The molecule has 0 aliphatic rings. The number of aryl methyl sites for hydroxylation is 1. The number of aliphatic carboxylic acids is 1. The standard InChI is InChI=1S/C10H14N2O5/c1-6-5-8(12-17-6)11-9(13)3-4-16-7(2)10(14)15/h5,7H,3-4H2,1-2H3,(H,14,15)(H,11,12,13)/t7-/m1/s1. The second-order valence-electron chi connectivity index (χ2n) is 3.47. The number of carbonyl (C=O) groups excluding carboxylic acids is 1. The fourth-order valence-corrected chi connectivity index (χ4v) is 1.03. The number of ether oxygens (including phenoxy) is 1.